The fourth-order valence-electron chi connectivity index (χ4n) is 1.26. The topological polar surface area (TPSA) is 59.1 Å². The Morgan fingerprint density at radius 2 is 1.67 bits per heavy atom. The van der Waals surface area contributed by atoms with E-state index in [1.165, 1.54) is 6.07 Å². The van der Waals surface area contributed by atoms with Gasteiger partial charge in [0.15, 0.2) is 0 Å². The van der Waals surface area contributed by atoms with Crippen molar-refractivity contribution >= 4 is 15.7 Å². The molecule has 7 heteroatoms. The Morgan fingerprint density at radius 3 is 2.22 bits per heavy atom. The summed E-state index contributed by atoms with van der Waals surface area (Å²) in [5.41, 5.74) is 0.126. The van der Waals surface area contributed by atoms with Crippen molar-refractivity contribution in [2.75, 3.05) is 4.72 Å². The molecule has 0 bridgehead atoms. The Morgan fingerprint density at radius 1 is 1.00 bits per heavy atom. The van der Waals surface area contributed by atoms with Crippen molar-refractivity contribution in [1.29, 1.82) is 0 Å². The van der Waals surface area contributed by atoms with Crippen LogP contribution in [0, 0.1) is 11.8 Å². The minimum absolute atomic E-state index is 0.0896. The van der Waals surface area contributed by atoms with Gasteiger partial charge in [0.25, 0.3) is 10.0 Å². The molecule has 0 spiro atoms. The Labute approximate surface area is 102 Å². The van der Waals surface area contributed by atoms with Crippen LogP contribution in [-0.4, -0.2) is 13.4 Å². The van der Waals surface area contributed by atoms with E-state index in [9.17, 15) is 17.2 Å². The van der Waals surface area contributed by atoms with Crippen molar-refractivity contribution in [1.82, 2.24) is 4.98 Å². The lowest BCUT2D eigenvalue weighted by Gasteiger charge is -2.07. The third-order valence-electron chi connectivity index (χ3n) is 2.10. The molecule has 0 fully saturated rings. The molecule has 1 aromatic carbocycles. The summed E-state index contributed by atoms with van der Waals surface area (Å²) in [7, 11) is -3.82. The molecule has 0 saturated carbocycles. The number of nitrogens with zero attached hydrogens (tertiary/aromatic N) is 1. The highest BCUT2D eigenvalue weighted by Gasteiger charge is 2.14. The zero-order valence-electron chi connectivity index (χ0n) is 8.97. The number of hydrogen-bond acceptors (Lipinski definition) is 3. The van der Waals surface area contributed by atoms with Crippen LogP contribution in [0.3, 0.4) is 0 Å². The maximum absolute atomic E-state index is 12.7. The fourth-order valence-corrected chi connectivity index (χ4v) is 2.31. The maximum atomic E-state index is 12.7. The molecule has 1 N–H and O–H groups in total. The number of benzene rings is 1. The van der Waals surface area contributed by atoms with E-state index < -0.39 is 21.8 Å². The standard InChI is InChI=1S/C11H8F2N2O2S/c12-8-1-4-10(5-2-8)18(16,17)15-9-3-6-11(13)14-7-9/h1-7,15H. The number of aromatic nitrogens is 1. The van der Waals surface area contributed by atoms with E-state index in [4.69, 9.17) is 0 Å². The van der Waals surface area contributed by atoms with E-state index in [1.807, 2.05) is 0 Å². The maximum Gasteiger partial charge on any atom is 0.261 e. The van der Waals surface area contributed by atoms with Crippen molar-refractivity contribution in [3.63, 3.8) is 0 Å². The number of sulfonamides is 1. The molecule has 94 valence electrons. The number of pyridine rings is 1. The van der Waals surface area contributed by atoms with Gasteiger partial charge >= 0.3 is 0 Å². The van der Waals surface area contributed by atoms with Gasteiger partial charge in [-0.1, -0.05) is 0 Å². The normalized spacial score (nSPS) is 11.2. The third kappa shape index (κ3) is 2.80. The first-order chi connectivity index (χ1) is 8.47. The lowest BCUT2D eigenvalue weighted by atomic mass is 10.4. The molecule has 2 aromatic rings. The number of anilines is 1. The highest BCUT2D eigenvalue weighted by molar-refractivity contribution is 7.92. The molecule has 0 saturated heterocycles. The molecule has 4 nitrogen and oxygen atoms in total. The molecular formula is C11H8F2N2O2S. The van der Waals surface area contributed by atoms with Crippen LogP contribution in [0.4, 0.5) is 14.5 Å². The van der Waals surface area contributed by atoms with Crippen LogP contribution in [0.25, 0.3) is 0 Å². The highest BCUT2D eigenvalue weighted by Crippen LogP contribution is 2.15. The Balaban J connectivity index is 2.27. The summed E-state index contributed by atoms with van der Waals surface area (Å²) >= 11 is 0. The fraction of sp³-hybridized carbons (Fsp3) is 0. The van der Waals surface area contributed by atoms with Crippen LogP contribution in [-0.2, 0) is 10.0 Å². The second-order valence-electron chi connectivity index (χ2n) is 3.43. The SMILES string of the molecule is O=S(=O)(Nc1ccc(F)nc1)c1ccc(F)cc1. The van der Waals surface area contributed by atoms with Crippen LogP contribution in [0.2, 0.25) is 0 Å². The zero-order chi connectivity index (χ0) is 13.2. The van der Waals surface area contributed by atoms with Gasteiger partial charge in [-0.3, -0.25) is 4.72 Å². The van der Waals surface area contributed by atoms with E-state index in [0.717, 1.165) is 36.5 Å². The molecule has 0 atom stereocenters. The first kappa shape index (κ1) is 12.4. The summed E-state index contributed by atoms with van der Waals surface area (Å²) in [6.07, 6.45) is 1.05. The van der Waals surface area contributed by atoms with Gasteiger partial charge in [-0.25, -0.2) is 17.8 Å². The van der Waals surface area contributed by atoms with Crippen LogP contribution >= 0.6 is 0 Å². The van der Waals surface area contributed by atoms with Gasteiger partial charge in [-0.2, -0.15) is 4.39 Å². The Kier molecular flexibility index (Phi) is 3.24. The molecular weight excluding hydrogens is 262 g/mol. The van der Waals surface area contributed by atoms with Gasteiger partial charge in [-0.05, 0) is 36.4 Å². The quantitative estimate of drug-likeness (QED) is 0.869. The van der Waals surface area contributed by atoms with Gasteiger partial charge in [-0.15, -0.1) is 0 Å². The Bertz CT molecular complexity index is 640. The molecule has 1 heterocycles. The first-order valence-electron chi connectivity index (χ1n) is 4.87. The van der Waals surface area contributed by atoms with Crippen molar-refractivity contribution in [3.05, 3.63) is 54.4 Å². The molecule has 1 aromatic heterocycles. The van der Waals surface area contributed by atoms with Crippen LogP contribution < -0.4 is 4.72 Å². The predicted molar refractivity (Wildman–Crippen MR) is 61.4 cm³/mol. The third-order valence-corrected chi connectivity index (χ3v) is 3.50. The molecule has 0 amide bonds. The van der Waals surface area contributed by atoms with E-state index in [2.05, 4.69) is 9.71 Å². The van der Waals surface area contributed by atoms with Gasteiger partial charge < -0.3 is 0 Å². The Hall–Kier alpha value is -2.02. The zero-order valence-corrected chi connectivity index (χ0v) is 9.79. The van der Waals surface area contributed by atoms with Crippen molar-refractivity contribution in [2.45, 2.75) is 4.90 Å². The highest BCUT2D eigenvalue weighted by atomic mass is 32.2. The average molecular weight is 270 g/mol. The van der Waals surface area contributed by atoms with Gasteiger partial charge in [0.1, 0.15) is 5.82 Å². The second kappa shape index (κ2) is 4.69. The van der Waals surface area contributed by atoms with Crippen LogP contribution in [0.5, 0.6) is 0 Å². The summed E-state index contributed by atoms with van der Waals surface area (Å²) in [4.78, 5) is 3.23. The summed E-state index contributed by atoms with van der Waals surface area (Å²) < 4.78 is 51.1. The summed E-state index contributed by atoms with van der Waals surface area (Å²) in [6, 6.07) is 6.62. The van der Waals surface area contributed by atoms with Crippen LogP contribution in [0.1, 0.15) is 0 Å². The van der Waals surface area contributed by atoms with Gasteiger partial charge in [0.2, 0.25) is 5.95 Å². The lowest BCUT2D eigenvalue weighted by Crippen LogP contribution is -2.13. The summed E-state index contributed by atoms with van der Waals surface area (Å²) in [6.45, 7) is 0. The van der Waals surface area contributed by atoms with Crippen molar-refractivity contribution in [2.24, 2.45) is 0 Å². The van der Waals surface area contributed by atoms with Gasteiger partial charge in [0, 0.05) is 0 Å². The molecule has 0 aliphatic carbocycles. The molecule has 2 rings (SSSR count). The smallest absolute Gasteiger partial charge is 0.261 e. The van der Waals surface area contributed by atoms with Gasteiger partial charge in [0.05, 0.1) is 16.8 Å². The molecule has 0 unspecified atom stereocenters. The number of hydrogen-bond donors (Lipinski definition) is 1. The van der Waals surface area contributed by atoms with E-state index >= 15 is 0 Å². The monoisotopic (exact) mass is 270 g/mol. The van der Waals surface area contributed by atoms with Crippen molar-refractivity contribution < 1.29 is 17.2 Å². The lowest BCUT2D eigenvalue weighted by molar-refractivity contribution is 0.583. The largest absolute Gasteiger partial charge is 0.278 e. The molecule has 0 radical (unpaired) electrons. The second-order valence-corrected chi connectivity index (χ2v) is 5.11. The van der Waals surface area contributed by atoms with Crippen LogP contribution in [0.15, 0.2) is 47.5 Å². The minimum Gasteiger partial charge on any atom is -0.278 e. The molecule has 0 aliphatic heterocycles. The molecule has 18 heavy (non-hydrogen) atoms. The number of halogens is 2. The van der Waals surface area contributed by atoms with E-state index in [1.54, 1.807) is 0 Å². The number of rotatable bonds is 3. The average Bonchev–Trinajstić information content (AvgIpc) is 2.32. The summed E-state index contributed by atoms with van der Waals surface area (Å²) in [5, 5.41) is 0. The number of nitrogens with one attached hydrogen (secondary N) is 1. The van der Waals surface area contributed by atoms with Crippen molar-refractivity contribution in [3.8, 4) is 0 Å². The minimum atomic E-state index is -3.82. The predicted octanol–water partition coefficient (Wildman–Crippen LogP) is 2.16. The van der Waals surface area contributed by atoms with E-state index in [-0.39, 0.29) is 10.6 Å². The first-order valence-corrected chi connectivity index (χ1v) is 6.36. The molecule has 0 aliphatic rings. The van der Waals surface area contributed by atoms with E-state index in [0.29, 0.717) is 0 Å². The summed E-state index contributed by atoms with van der Waals surface area (Å²) in [5.74, 6) is -1.24.